The minimum atomic E-state index is -0.0456. The van der Waals surface area contributed by atoms with Crippen LogP contribution in [0.15, 0.2) is 58.4 Å². The summed E-state index contributed by atoms with van der Waals surface area (Å²) < 4.78 is 5.68. The van der Waals surface area contributed by atoms with Gasteiger partial charge >= 0.3 is 0 Å². The lowest BCUT2D eigenvalue weighted by atomic mass is 10.1. The summed E-state index contributed by atoms with van der Waals surface area (Å²) in [4.78, 5) is 20.1. The van der Waals surface area contributed by atoms with Crippen molar-refractivity contribution in [2.24, 2.45) is 10.9 Å². The van der Waals surface area contributed by atoms with Gasteiger partial charge in [0.25, 0.3) is 5.91 Å². The molecule has 1 amide bonds. The number of hydrogen-bond acceptors (Lipinski definition) is 4. The number of para-hydroxylation sites is 1. The van der Waals surface area contributed by atoms with E-state index in [1.807, 2.05) is 55.5 Å². The maximum atomic E-state index is 13.1. The molecule has 0 radical (unpaired) electrons. The number of amidine groups is 1. The molecule has 0 atom stereocenters. The van der Waals surface area contributed by atoms with E-state index in [-0.39, 0.29) is 5.91 Å². The third-order valence-electron chi connectivity index (χ3n) is 3.98. The SMILES string of the molecule is CCOc1ccc(Cl)cc1/C=C1/SC(=Nc2ccccc2)N(CC(C)C)C1=O. The molecule has 28 heavy (non-hydrogen) atoms. The normalized spacial score (nSPS) is 17.2. The zero-order valence-electron chi connectivity index (χ0n) is 16.2. The van der Waals surface area contributed by atoms with Gasteiger partial charge in [-0.15, -0.1) is 0 Å². The van der Waals surface area contributed by atoms with Crippen molar-refractivity contribution in [1.82, 2.24) is 4.90 Å². The van der Waals surface area contributed by atoms with Crippen LogP contribution in [0.4, 0.5) is 5.69 Å². The van der Waals surface area contributed by atoms with Crippen LogP contribution in [0.5, 0.6) is 5.75 Å². The van der Waals surface area contributed by atoms with Gasteiger partial charge in [-0.2, -0.15) is 0 Å². The van der Waals surface area contributed by atoms with Gasteiger partial charge in [-0.3, -0.25) is 9.69 Å². The molecule has 1 aliphatic rings. The third kappa shape index (κ3) is 4.97. The van der Waals surface area contributed by atoms with Crippen LogP contribution in [0, 0.1) is 5.92 Å². The van der Waals surface area contributed by atoms with Gasteiger partial charge in [-0.25, -0.2) is 4.99 Å². The smallest absolute Gasteiger partial charge is 0.266 e. The molecule has 0 N–H and O–H groups in total. The minimum Gasteiger partial charge on any atom is -0.493 e. The topological polar surface area (TPSA) is 41.9 Å². The molecule has 4 nitrogen and oxygen atoms in total. The van der Waals surface area contributed by atoms with Crippen molar-refractivity contribution in [1.29, 1.82) is 0 Å². The first-order valence-electron chi connectivity index (χ1n) is 9.25. The number of nitrogens with zero attached hydrogens (tertiary/aromatic N) is 2. The summed E-state index contributed by atoms with van der Waals surface area (Å²) in [5, 5.41) is 1.29. The highest BCUT2D eigenvalue weighted by molar-refractivity contribution is 8.18. The van der Waals surface area contributed by atoms with E-state index in [1.165, 1.54) is 11.8 Å². The van der Waals surface area contributed by atoms with E-state index in [0.29, 0.717) is 39.9 Å². The van der Waals surface area contributed by atoms with Gasteiger partial charge in [0.05, 0.1) is 17.2 Å². The van der Waals surface area contributed by atoms with E-state index in [1.54, 1.807) is 11.0 Å². The molecule has 2 aromatic rings. The van der Waals surface area contributed by atoms with Gasteiger partial charge in [0.2, 0.25) is 0 Å². The number of rotatable bonds is 6. The predicted octanol–water partition coefficient (Wildman–Crippen LogP) is 6.00. The maximum Gasteiger partial charge on any atom is 0.266 e. The van der Waals surface area contributed by atoms with Crippen LogP contribution in [0.2, 0.25) is 5.02 Å². The van der Waals surface area contributed by atoms with Crippen molar-refractivity contribution in [3.8, 4) is 5.75 Å². The molecule has 0 saturated carbocycles. The van der Waals surface area contributed by atoms with E-state index < -0.39 is 0 Å². The van der Waals surface area contributed by atoms with Gasteiger partial charge in [0.15, 0.2) is 5.17 Å². The lowest BCUT2D eigenvalue weighted by Gasteiger charge is -2.17. The maximum absolute atomic E-state index is 13.1. The second-order valence-corrected chi connectivity index (χ2v) is 8.21. The number of halogens is 1. The van der Waals surface area contributed by atoms with E-state index in [2.05, 4.69) is 13.8 Å². The van der Waals surface area contributed by atoms with Crippen molar-refractivity contribution in [2.75, 3.05) is 13.2 Å². The Morgan fingerprint density at radius 1 is 1.21 bits per heavy atom. The van der Waals surface area contributed by atoms with Crippen molar-refractivity contribution < 1.29 is 9.53 Å². The first kappa shape index (κ1) is 20.5. The number of benzene rings is 2. The number of ether oxygens (including phenoxy) is 1. The number of amides is 1. The van der Waals surface area contributed by atoms with E-state index >= 15 is 0 Å². The molecule has 146 valence electrons. The summed E-state index contributed by atoms with van der Waals surface area (Å²) in [6, 6.07) is 15.1. The Balaban J connectivity index is 1.99. The monoisotopic (exact) mass is 414 g/mol. The molecule has 1 fully saturated rings. The van der Waals surface area contributed by atoms with Crippen LogP contribution in [0.1, 0.15) is 26.3 Å². The first-order chi connectivity index (χ1) is 13.5. The number of carbonyl (C=O) groups is 1. The molecule has 1 heterocycles. The molecule has 0 unspecified atom stereocenters. The quantitative estimate of drug-likeness (QED) is 0.544. The average molecular weight is 415 g/mol. The fraction of sp³-hybridized carbons (Fsp3) is 0.273. The van der Waals surface area contributed by atoms with E-state index in [0.717, 1.165) is 11.3 Å². The highest BCUT2D eigenvalue weighted by atomic mass is 35.5. The standard InChI is InChI=1S/C22H23ClN2O2S/c1-4-27-19-11-10-17(23)12-16(19)13-20-21(26)25(14-15(2)3)22(28-20)24-18-8-6-5-7-9-18/h5-13,15H,4,14H2,1-3H3/b20-13+,24-22?. The Morgan fingerprint density at radius 2 is 1.96 bits per heavy atom. The van der Waals surface area contributed by atoms with Gasteiger partial charge < -0.3 is 4.74 Å². The van der Waals surface area contributed by atoms with Crippen LogP contribution >= 0.6 is 23.4 Å². The summed E-state index contributed by atoms with van der Waals surface area (Å²) in [5.74, 6) is 0.988. The molecule has 0 spiro atoms. The number of hydrogen-bond donors (Lipinski definition) is 0. The molecular formula is C22H23ClN2O2S. The van der Waals surface area contributed by atoms with Crippen LogP contribution in [0.25, 0.3) is 6.08 Å². The van der Waals surface area contributed by atoms with E-state index in [4.69, 9.17) is 21.3 Å². The number of aliphatic imine (C=N–C) groups is 1. The summed E-state index contributed by atoms with van der Waals surface area (Å²) >= 11 is 7.54. The Bertz CT molecular complexity index is 910. The second-order valence-electron chi connectivity index (χ2n) is 6.77. The van der Waals surface area contributed by atoms with Crippen molar-refractivity contribution in [2.45, 2.75) is 20.8 Å². The highest BCUT2D eigenvalue weighted by Gasteiger charge is 2.34. The second kappa shape index (κ2) is 9.30. The largest absolute Gasteiger partial charge is 0.493 e. The predicted molar refractivity (Wildman–Crippen MR) is 118 cm³/mol. The Morgan fingerprint density at radius 3 is 2.64 bits per heavy atom. The lowest BCUT2D eigenvalue weighted by Crippen LogP contribution is -2.32. The van der Waals surface area contributed by atoms with Crippen LogP contribution < -0.4 is 4.74 Å². The molecule has 6 heteroatoms. The zero-order valence-corrected chi connectivity index (χ0v) is 17.8. The van der Waals surface area contributed by atoms with Gasteiger partial charge in [-0.1, -0.05) is 43.6 Å². The van der Waals surface area contributed by atoms with Crippen LogP contribution in [-0.2, 0) is 4.79 Å². The van der Waals surface area contributed by atoms with E-state index in [9.17, 15) is 4.79 Å². The highest BCUT2D eigenvalue weighted by Crippen LogP contribution is 2.36. The summed E-state index contributed by atoms with van der Waals surface area (Å²) in [6.07, 6.45) is 1.84. The number of thioether (sulfide) groups is 1. The first-order valence-corrected chi connectivity index (χ1v) is 10.4. The summed E-state index contributed by atoms with van der Waals surface area (Å²) in [6.45, 7) is 7.26. The van der Waals surface area contributed by atoms with Gasteiger partial charge in [-0.05, 0) is 61.0 Å². The Kier molecular flexibility index (Phi) is 6.81. The molecule has 2 aromatic carbocycles. The van der Waals surface area contributed by atoms with Gasteiger partial charge in [0, 0.05) is 17.1 Å². The summed E-state index contributed by atoms with van der Waals surface area (Å²) in [7, 11) is 0. The number of carbonyl (C=O) groups excluding carboxylic acids is 1. The average Bonchev–Trinajstić information content (AvgIpc) is 2.93. The van der Waals surface area contributed by atoms with Crippen LogP contribution in [0.3, 0.4) is 0 Å². The summed E-state index contributed by atoms with van der Waals surface area (Å²) in [5.41, 5.74) is 1.61. The third-order valence-corrected chi connectivity index (χ3v) is 5.22. The fourth-order valence-electron chi connectivity index (χ4n) is 2.79. The molecule has 0 bridgehead atoms. The fourth-order valence-corrected chi connectivity index (χ4v) is 3.97. The zero-order chi connectivity index (χ0) is 20.1. The molecule has 1 aliphatic heterocycles. The molecule has 1 saturated heterocycles. The lowest BCUT2D eigenvalue weighted by molar-refractivity contribution is -0.122. The van der Waals surface area contributed by atoms with Crippen molar-refractivity contribution in [3.63, 3.8) is 0 Å². The Labute approximate surface area is 175 Å². The van der Waals surface area contributed by atoms with Crippen molar-refractivity contribution in [3.05, 3.63) is 64.0 Å². The molecule has 0 aliphatic carbocycles. The molecule has 3 rings (SSSR count). The van der Waals surface area contributed by atoms with Crippen LogP contribution in [-0.4, -0.2) is 29.1 Å². The Hall–Kier alpha value is -2.24. The molecular weight excluding hydrogens is 392 g/mol. The van der Waals surface area contributed by atoms with Gasteiger partial charge in [0.1, 0.15) is 5.75 Å². The van der Waals surface area contributed by atoms with Crippen molar-refractivity contribution >= 4 is 46.2 Å². The minimum absolute atomic E-state index is 0.0456. The molecule has 0 aromatic heterocycles.